The van der Waals surface area contributed by atoms with Gasteiger partial charge in [0.05, 0.1) is 28.9 Å². The van der Waals surface area contributed by atoms with Gasteiger partial charge in [0.1, 0.15) is 17.4 Å². The number of nitrogens with zero attached hydrogens (tertiary/aromatic N) is 5. The third-order valence-electron chi connectivity index (χ3n) is 8.74. The fourth-order valence-corrected chi connectivity index (χ4v) is 6.81. The van der Waals surface area contributed by atoms with Gasteiger partial charge in [0.25, 0.3) is 17.7 Å². The number of Topliss-reactive ketones (excluding diaryl/α,β-unsaturated/α-hetero) is 1. The summed E-state index contributed by atoms with van der Waals surface area (Å²) in [4.78, 5) is 69.5. The normalized spacial score (nSPS) is 19.9. The van der Waals surface area contributed by atoms with E-state index in [-0.39, 0.29) is 36.6 Å². The lowest BCUT2D eigenvalue weighted by Gasteiger charge is -2.27. The fraction of sp³-hybridized carbons (Fsp3) is 0.548. The highest BCUT2D eigenvalue weighted by Gasteiger charge is 2.44. The highest BCUT2D eigenvalue weighted by molar-refractivity contribution is 7.91. The van der Waals surface area contributed by atoms with Crippen LogP contribution in [0, 0.1) is 5.92 Å². The maximum Gasteiger partial charge on any atom is 0.341 e. The number of hydrogen-bond donors (Lipinski definition) is 3. The number of nitrogens with one attached hydrogen (secondary N) is 1. The smallest absolute Gasteiger partial charge is 0.341 e. The first-order valence-corrected chi connectivity index (χ1v) is 17.3. The van der Waals surface area contributed by atoms with Crippen LogP contribution >= 0.6 is 0 Å². The third kappa shape index (κ3) is 8.59. The van der Waals surface area contributed by atoms with Crippen LogP contribution in [0.25, 0.3) is 0 Å². The molecule has 4 amide bonds. The molecule has 266 valence electrons. The molecule has 2 aromatic rings. The Morgan fingerprint density at radius 2 is 1.73 bits per heavy atom. The summed E-state index contributed by atoms with van der Waals surface area (Å²) in [7, 11) is -4.91. The number of benzene rings is 1. The van der Waals surface area contributed by atoms with Crippen LogP contribution in [0.4, 0.5) is 8.78 Å². The molecule has 4 N–H and O–H groups in total. The second-order valence-electron chi connectivity index (χ2n) is 12.8. The van der Waals surface area contributed by atoms with Crippen molar-refractivity contribution in [1.29, 1.82) is 0 Å². The van der Waals surface area contributed by atoms with Crippen molar-refractivity contribution in [2.75, 3.05) is 6.54 Å². The monoisotopic (exact) mass is 707 g/mol. The van der Waals surface area contributed by atoms with E-state index in [1.54, 1.807) is 0 Å². The summed E-state index contributed by atoms with van der Waals surface area (Å²) in [5.74, 6) is -8.48. The Balaban J connectivity index is 1.71. The fourth-order valence-electron chi connectivity index (χ4n) is 6.09. The van der Waals surface area contributed by atoms with Crippen LogP contribution in [0.2, 0.25) is 0 Å². The van der Waals surface area contributed by atoms with Gasteiger partial charge in [0.15, 0.2) is 0 Å². The lowest BCUT2D eigenvalue weighted by atomic mass is 9.85. The van der Waals surface area contributed by atoms with Crippen LogP contribution in [-0.2, 0) is 34.6 Å². The summed E-state index contributed by atoms with van der Waals surface area (Å²) in [5, 5.41) is 21.1. The van der Waals surface area contributed by atoms with E-state index in [1.165, 1.54) is 36.5 Å². The summed E-state index contributed by atoms with van der Waals surface area (Å²) in [6, 6.07) is 0.494. The van der Waals surface area contributed by atoms with E-state index in [0.29, 0.717) is 5.69 Å². The highest BCUT2D eigenvalue weighted by atomic mass is 32.2. The molecule has 49 heavy (non-hydrogen) atoms. The Labute approximate surface area is 281 Å². The van der Waals surface area contributed by atoms with Crippen molar-refractivity contribution in [3.63, 3.8) is 0 Å². The number of amides is 4. The number of ketones is 1. The van der Waals surface area contributed by atoms with Crippen molar-refractivity contribution in [2.24, 2.45) is 16.6 Å². The Hall–Kier alpha value is -4.45. The van der Waals surface area contributed by atoms with Crippen molar-refractivity contribution >= 4 is 45.0 Å². The number of primary amides is 1. The summed E-state index contributed by atoms with van der Waals surface area (Å²) >= 11 is 0. The molecule has 4 rings (SSSR count). The third-order valence-corrected chi connectivity index (χ3v) is 10.1. The van der Waals surface area contributed by atoms with E-state index in [1.807, 2.05) is 0 Å². The molecular formula is C31H39F2N7O8S. The summed E-state index contributed by atoms with van der Waals surface area (Å²) in [6.07, 6.45) is 5.69. The van der Waals surface area contributed by atoms with Crippen LogP contribution in [0.1, 0.15) is 87.8 Å². The molecular weight excluding hydrogens is 668 g/mol. The van der Waals surface area contributed by atoms with E-state index >= 15 is 0 Å². The van der Waals surface area contributed by atoms with Crippen LogP contribution in [0.15, 0.2) is 40.4 Å². The molecule has 1 aliphatic carbocycles. The second kappa shape index (κ2) is 15.0. The predicted octanol–water partition coefficient (Wildman–Crippen LogP) is 1.45. The molecule has 2 aliphatic rings. The molecule has 1 aromatic carbocycles. The number of sulfone groups is 1. The van der Waals surface area contributed by atoms with Crippen LogP contribution in [0.5, 0.6) is 0 Å². The first-order valence-electron chi connectivity index (χ1n) is 15.7. The topological polar surface area (TPSA) is 224 Å². The molecule has 15 nitrogen and oxygen atoms in total. The van der Waals surface area contributed by atoms with Crippen molar-refractivity contribution in [2.45, 2.75) is 100 Å². The number of aliphatic hydroxyl groups is 1. The summed E-state index contributed by atoms with van der Waals surface area (Å²) < 4.78 is 51.1. The SMILES string of the molecule is CC(NC(=O)[C@@H]1C[C@H](n2nncc2C(C)(C)O)CN1C(=O)/C(CC1CCCCC1)=N/C(=O)c1ccc(S(=O)(=O)C(F)F)cc1)C(=O)C(N)=O. The molecule has 1 saturated heterocycles. The number of carbonyl (C=O) groups excluding carboxylic acids is 5. The molecule has 3 atom stereocenters. The van der Waals surface area contributed by atoms with E-state index in [9.17, 15) is 46.3 Å². The number of rotatable bonds is 12. The average Bonchev–Trinajstić information content (AvgIpc) is 3.72. The number of carbonyl (C=O) groups is 5. The molecule has 1 aliphatic heterocycles. The van der Waals surface area contributed by atoms with Crippen molar-refractivity contribution in [3.8, 4) is 0 Å². The maximum absolute atomic E-state index is 14.4. The minimum absolute atomic E-state index is 0.0150. The minimum atomic E-state index is -4.91. The van der Waals surface area contributed by atoms with Gasteiger partial charge in [-0.2, -0.15) is 8.78 Å². The molecule has 2 fully saturated rings. The highest BCUT2D eigenvalue weighted by Crippen LogP contribution is 2.33. The Morgan fingerprint density at radius 3 is 2.31 bits per heavy atom. The summed E-state index contributed by atoms with van der Waals surface area (Å²) in [5.41, 5.74) is 3.66. The maximum atomic E-state index is 14.4. The first kappa shape index (κ1) is 37.4. The van der Waals surface area contributed by atoms with Gasteiger partial charge in [-0.15, -0.1) is 5.10 Å². The standard InChI is InChI=1S/C31H39F2N7O8S/c1-17(25(41)26(34)42)36-28(44)23-14-20(40-24(15-35-38-40)31(2,3)46)16-39(23)29(45)22(13-18-7-5-4-6-8-18)37-27(43)19-9-11-21(12-10-19)49(47,48)30(32)33/h9-12,15,17-18,20,23,30,46H,4-8,13-14,16H2,1-3H3,(H2,34,42)(H,36,44)/b37-22+/t17?,20-,23-/m0/s1. The van der Waals surface area contributed by atoms with Gasteiger partial charge in [-0.3, -0.25) is 24.0 Å². The van der Waals surface area contributed by atoms with Gasteiger partial charge in [-0.1, -0.05) is 37.3 Å². The zero-order valence-electron chi connectivity index (χ0n) is 27.2. The van der Waals surface area contributed by atoms with Crippen LogP contribution < -0.4 is 11.1 Å². The van der Waals surface area contributed by atoms with Crippen molar-refractivity contribution < 1.29 is 46.3 Å². The van der Waals surface area contributed by atoms with Crippen LogP contribution in [-0.4, -0.2) is 92.9 Å². The molecule has 0 bridgehead atoms. The number of halogens is 2. The molecule has 1 saturated carbocycles. The molecule has 18 heteroatoms. The Bertz CT molecular complexity index is 1730. The number of nitrogens with two attached hydrogens (primary N) is 1. The minimum Gasteiger partial charge on any atom is -0.384 e. The molecule has 0 spiro atoms. The average molecular weight is 708 g/mol. The van der Waals surface area contributed by atoms with Gasteiger partial charge in [0, 0.05) is 18.5 Å². The lowest BCUT2D eigenvalue weighted by molar-refractivity contribution is -0.139. The number of alkyl halides is 2. The number of aromatic nitrogens is 3. The molecule has 0 radical (unpaired) electrons. The van der Waals surface area contributed by atoms with Gasteiger partial charge in [-0.05, 0) is 57.4 Å². The van der Waals surface area contributed by atoms with Gasteiger partial charge in [-0.25, -0.2) is 18.1 Å². The Morgan fingerprint density at radius 1 is 1.10 bits per heavy atom. The summed E-state index contributed by atoms with van der Waals surface area (Å²) in [6.45, 7) is 4.15. The molecule has 1 unspecified atom stereocenters. The van der Waals surface area contributed by atoms with Crippen molar-refractivity contribution in [1.82, 2.24) is 25.2 Å². The van der Waals surface area contributed by atoms with E-state index in [2.05, 4.69) is 20.6 Å². The van der Waals surface area contributed by atoms with Gasteiger partial charge < -0.3 is 21.1 Å². The van der Waals surface area contributed by atoms with Gasteiger partial charge >= 0.3 is 5.76 Å². The van der Waals surface area contributed by atoms with Gasteiger partial charge in [0.2, 0.25) is 21.5 Å². The van der Waals surface area contributed by atoms with E-state index in [4.69, 9.17) is 5.73 Å². The largest absolute Gasteiger partial charge is 0.384 e. The lowest BCUT2D eigenvalue weighted by Crippen LogP contribution is -2.52. The van der Waals surface area contributed by atoms with Crippen molar-refractivity contribution in [3.05, 3.63) is 41.7 Å². The quantitative estimate of drug-likeness (QED) is 0.213. The number of likely N-dealkylation sites (tertiary alicyclic amines) is 1. The number of hydrogen-bond acceptors (Lipinski definition) is 10. The van der Waals surface area contributed by atoms with E-state index < -0.39 is 73.6 Å². The number of aliphatic imine (C=N–C) groups is 1. The molecule has 2 heterocycles. The molecule has 1 aromatic heterocycles. The zero-order chi connectivity index (χ0) is 36.3. The van der Waals surface area contributed by atoms with Crippen LogP contribution in [0.3, 0.4) is 0 Å². The Kier molecular flexibility index (Phi) is 11.4. The predicted molar refractivity (Wildman–Crippen MR) is 169 cm³/mol. The van der Waals surface area contributed by atoms with E-state index in [0.717, 1.165) is 56.4 Å². The zero-order valence-corrected chi connectivity index (χ0v) is 28.0. The first-order chi connectivity index (χ1) is 22.9. The second-order valence-corrected chi connectivity index (χ2v) is 14.8.